The Hall–Kier alpha value is -3.27. The molecule has 0 amide bonds. The summed E-state index contributed by atoms with van der Waals surface area (Å²) in [5.74, 6) is 1.93. The predicted octanol–water partition coefficient (Wildman–Crippen LogP) is 5.40. The number of nitrogens with zero attached hydrogens (tertiary/aromatic N) is 6. The van der Waals surface area contributed by atoms with Gasteiger partial charge in [-0.25, -0.2) is 9.50 Å². The van der Waals surface area contributed by atoms with Crippen LogP contribution in [0.1, 0.15) is 77.3 Å². The maximum atomic E-state index is 12.8. The molecular formula is C27H34N6O. The third-order valence-electron chi connectivity index (χ3n) is 6.64. The van der Waals surface area contributed by atoms with Gasteiger partial charge in [-0.15, -0.1) is 0 Å². The van der Waals surface area contributed by atoms with Gasteiger partial charge < -0.3 is 4.90 Å². The van der Waals surface area contributed by atoms with E-state index in [0.717, 1.165) is 48.7 Å². The van der Waals surface area contributed by atoms with Crippen molar-refractivity contribution in [2.75, 3.05) is 18.0 Å². The minimum absolute atomic E-state index is 0.118. The van der Waals surface area contributed by atoms with Crippen LogP contribution in [-0.2, 0) is 4.79 Å². The first-order valence-corrected chi connectivity index (χ1v) is 12.4. The molecule has 1 saturated carbocycles. The van der Waals surface area contributed by atoms with E-state index in [9.17, 15) is 10.1 Å². The second kappa shape index (κ2) is 9.54. The SMILES string of the molecule is CC.CC(C)(C)C(=O)C1CCN(c2ncnn3c(-c4cc(C#N)ccn4)cc(C4CC4)c23)CC1. The number of pyridine rings is 1. The molecule has 1 aliphatic heterocycles. The number of nitriles is 1. The Balaban J connectivity index is 0.00000133. The lowest BCUT2D eigenvalue weighted by atomic mass is 9.79. The fraction of sp³-hybridized carbons (Fsp3) is 0.519. The first kappa shape index (κ1) is 23.9. The zero-order chi connectivity index (χ0) is 24.5. The summed E-state index contributed by atoms with van der Waals surface area (Å²) in [6.07, 6.45) is 7.31. The highest BCUT2D eigenvalue weighted by Crippen LogP contribution is 2.46. The van der Waals surface area contributed by atoms with E-state index in [1.54, 1.807) is 18.6 Å². The molecule has 2 aliphatic rings. The second-order valence-corrected chi connectivity index (χ2v) is 10.0. The van der Waals surface area contributed by atoms with Gasteiger partial charge in [0.25, 0.3) is 0 Å². The summed E-state index contributed by atoms with van der Waals surface area (Å²) in [5.41, 5.74) is 4.21. The summed E-state index contributed by atoms with van der Waals surface area (Å²) >= 11 is 0. The third kappa shape index (κ3) is 4.54. The molecule has 3 aromatic rings. The van der Waals surface area contributed by atoms with E-state index in [4.69, 9.17) is 4.98 Å². The van der Waals surface area contributed by atoms with Gasteiger partial charge in [-0.1, -0.05) is 34.6 Å². The fourth-order valence-electron chi connectivity index (χ4n) is 4.78. The van der Waals surface area contributed by atoms with Crippen LogP contribution in [0.15, 0.2) is 30.7 Å². The summed E-state index contributed by atoms with van der Waals surface area (Å²) in [7, 11) is 0. The van der Waals surface area contributed by atoms with Crippen LogP contribution in [0.5, 0.6) is 0 Å². The lowest BCUT2D eigenvalue weighted by molar-refractivity contribution is -0.131. The fourth-order valence-corrected chi connectivity index (χ4v) is 4.78. The Morgan fingerprint density at radius 2 is 1.79 bits per heavy atom. The number of carbonyl (C=O) groups excluding carboxylic acids is 1. The first-order chi connectivity index (χ1) is 16.4. The molecule has 5 rings (SSSR count). The number of rotatable bonds is 4. The third-order valence-corrected chi connectivity index (χ3v) is 6.64. The van der Waals surface area contributed by atoms with E-state index >= 15 is 0 Å². The monoisotopic (exact) mass is 458 g/mol. The van der Waals surface area contributed by atoms with E-state index in [1.165, 1.54) is 18.4 Å². The minimum Gasteiger partial charge on any atom is -0.355 e. The standard InChI is InChI=1S/C25H28N6O.C2H6/c1-25(2,3)23(32)18-7-10-30(11-8-18)24-22-19(17-4-5-17)13-21(31(22)29-15-28-24)20-12-16(14-26)6-9-27-20;1-2/h6,9,12-13,15,17-18H,4-5,7-8,10-11H2,1-3H3;1-2H3. The number of fused-ring (bicyclic) bond motifs is 1. The zero-order valence-corrected chi connectivity index (χ0v) is 20.9. The Morgan fingerprint density at radius 1 is 1.09 bits per heavy atom. The van der Waals surface area contributed by atoms with E-state index in [-0.39, 0.29) is 11.3 Å². The van der Waals surface area contributed by atoms with Crippen LogP contribution in [0.3, 0.4) is 0 Å². The van der Waals surface area contributed by atoms with Gasteiger partial charge in [0.05, 0.1) is 23.0 Å². The molecule has 0 bridgehead atoms. The van der Waals surface area contributed by atoms with Gasteiger partial charge in [-0.3, -0.25) is 9.78 Å². The van der Waals surface area contributed by atoms with Crippen molar-refractivity contribution in [2.45, 2.75) is 66.2 Å². The molecule has 1 aliphatic carbocycles. The molecule has 0 N–H and O–H groups in total. The molecular weight excluding hydrogens is 424 g/mol. The maximum absolute atomic E-state index is 12.8. The number of carbonyl (C=O) groups is 1. The number of hydrogen-bond donors (Lipinski definition) is 0. The summed E-state index contributed by atoms with van der Waals surface area (Å²) in [6.45, 7) is 11.6. The van der Waals surface area contributed by atoms with Crippen LogP contribution in [0.4, 0.5) is 5.82 Å². The summed E-state index contributed by atoms with van der Waals surface area (Å²) in [4.78, 5) is 24.3. The van der Waals surface area contributed by atoms with Gasteiger partial charge in [-0.05, 0) is 55.4 Å². The van der Waals surface area contributed by atoms with Crippen LogP contribution in [0.25, 0.3) is 16.9 Å². The highest BCUT2D eigenvalue weighted by molar-refractivity contribution is 5.86. The molecule has 7 nitrogen and oxygen atoms in total. The number of hydrogen-bond acceptors (Lipinski definition) is 6. The van der Waals surface area contributed by atoms with Gasteiger partial charge in [0.1, 0.15) is 17.6 Å². The molecule has 7 heteroatoms. The Bertz CT molecular complexity index is 1220. The maximum Gasteiger partial charge on any atom is 0.156 e. The van der Waals surface area contributed by atoms with E-state index in [0.29, 0.717) is 17.3 Å². The van der Waals surface area contributed by atoms with Crippen molar-refractivity contribution in [3.63, 3.8) is 0 Å². The average Bonchev–Trinajstić information content (AvgIpc) is 3.64. The van der Waals surface area contributed by atoms with Crippen LogP contribution < -0.4 is 4.90 Å². The van der Waals surface area contributed by atoms with Crippen molar-refractivity contribution in [1.82, 2.24) is 19.6 Å². The van der Waals surface area contributed by atoms with E-state index in [1.807, 2.05) is 45.2 Å². The molecule has 1 saturated heterocycles. The van der Waals surface area contributed by atoms with Gasteiger partial charge in [0.15, 0.2) is 5.82 Å². The van der Waals surface area contributed by atoms with Crippen molar-refractivity contribution in [3.8, 4) is 17.5 Å². The zero-order valence-electron chi connectivity index (χ0n) is 20.9. The molecule has 0 spiro atoms. The Kier molecular flexibility index (Phi) is 6.70. The van der Waals surface area contributed by atoms with Gasteiger partial charge >= 0.3 is 0 Å². The lowest BCUT2D eigenvalue weighted by Crippen LogP contribution is -2.40. The summed E-state index contributed by atoms with van der Waals surface area (Å²) in [6, 6.07) is 7.89. The molecule has 2 fully saturated rings. The molecule has 178 valence electrons. The first-order valence-electron chi connectivity index (χ1n) is 12.4. The van der Waals surface area contributed by atoms with Crippen molar-refractivity contribution in [2.24, 2.45) is 11.3 Å². The molecule has 4 heterocycles. The van der Waals surface area contributed by atoms with Gasteiger partial charge in [-0.2, -0.15) is 10.4 Å². The smallest absolute Gasteiger partial charge is 0.156 e. The van der Waals surface area contributed by atoms with Crippen molar-refractivity contribution in [1.29, 1.82) is 5.26 Å². The number of Topliss-reactive ketones (excluding diaryl/α,β-unsaturated/α-hetero) is 1. The quantitative estimate of drug-likeness (QED) is 0.520. The molecule has 0 radical (unpaired) electrons. The average molecular weight is 459 g/mol. The normalized spacial score (nSPS) is 16.6. The molecule has 0 atom stereocenters. The number of ketones is 1. The molecule has 0 aromatic carbocycles. The Morgan fingerprint density at radius 3 is 2.41 bits per heavy atom. The van der Waals surface area contributed by atoms with Crippen molar-refractivity contribution >= 4 is 17.1 Å². The van der Waals surface area contributed by atoms with Crippen LogP contribution in [0, 0.1) is 22.7 Å². The van der Waals surface area contributed by atoms with Crippen LogP contribution >= 0.6 is 0 Å². The summed E-state index contributed by atoms with van der Waals surface area (Å²) < 4.78 is 1.94. The molecule has 34 heavy (non-hydrogen) atoms. The van der Waals surface area contributed by atoms with E-state index in [2.05, 4.69) is 27.1 Å². The second-order valence-electron chi connectivity index (χ2n) is 10.0. The van der Waals surface area contributed by atoms with Gasteiger partial charge in [0.2, 0.25) is 0 Å². The number of aromatic nitrogens is 4. The minimum atomic E-state index is -0.296. The molecule has 3 aromatic heterocycles. The molecule has 0 unspecified atom stereocenters. The van der Waals surface area contributed by atoms with Gasteiger partial charge in [0, 0.05) is 30.6 Å². The van der Waals surface area contributed by atoms with Crippen molar-refractivity contribution < 1.29 is 4.79 Å². The highest BCUT2D eigenvalue weighted by atomic mass is 16.1. The number of anilines is 1. The topological polar surface area (TPSA) is 87.2 Å². The predicted molar refractivity (Wildman–Crippen MR) is 134 cm³/mol. The van der Waals surface area contributed by atoms with Crippen LogP contribution in [0.2, 0.25) is 0 Å². The lowest BCUT2D eigenvalue weighted by Gasteiger charge is -2.34. The van der Waals surface area contributed by atoms with Crippen molar-refractivity contribution in [3.05, 3.63) is 41.9 Å². The summed E-state index contributed by atoms with van der Waals surface area (Å²) in [5, 5.41) is 13.9. The largest absolute Gasteiger partial charge is 0.355 e. The number of piperidine rings is 1. The highest BCUT2D eigenvalue weighted by Gasteiger charge is 2.35. The van der Waals surface area contributed by atoms with E-state index < -0.39 is 0 Å². The Labute approximate surface area is 201 Å². The van der Waals surface area contributed by atoms with Crippen LogP contribution in [-0.4, -0.2) is 38.5 Å².